The topological polar surface area (TPSA) is 63.2 Å². The first-order chi connectivity index (χ1) is 6.98. The number of anilines is 1. The van der Waals surface area contributed by atoms with Crippen LogP contribution in [0.1, 0.15) is 5.56 Å². The van der Waals surface area contributed by atoms with Crippen molar-refractivity contribution in [3.8, 4) is 0 Å². The number of hydrogen-bond acceptors (Lipinski definition) is 5. The summed E-state index contributed by atoms with van der Waals surface area (Å²) in [6.45, 7) is 0.729. The van der Waals surface area contributed by atoms with E-state index < -0.39 is 9.84 Å². The van der Waals surface area contributed by atoms with Gasteiger partial charge in [0.05, 0.1) is 0 Å². The minimum absolute atomic E-state index is 0.122. The van der Waals surface area contributed by atoms with Gasteiger partial charge in [0, 0.05) is 31.6 Å². The summed E-state index contributed by atoms with van der Waals surface area (Å²) in [6, 6.07) is 0. The van der Waals surface area contributed by atoms with Gasteiger partial charge in [-0.2, -0.15) is 0 Å². The maximum Gasteiger partial charge on any atom is 0.248 e. The third-order valence-electron chi connectivity index (χ3n) is 2.14. The molecule has 0 radical (unpaired) electrons. The molecule has 2 heterocycles. The van der Waals surface area contributed by atoms with Crippen LogP contribution < -0.4 is 4.90 Å². The van der Waals surface area contributed by atoms with Crippen LogP contribution in [0.3, 0.4) is 0 Å². The predicted octanol–water partition coefficient (Wildman–Crippen LogP) is 0.343. The van der Waals surface area contributed by atoms with E-state index >= 15 is 0 Å². The smallest absolute Gasteiger partial charge is 0.248 e. The van der Waals surface area contributed by atoms with Gasteiger partial charge in [-0.1, -0.05) is 12.2 Å². The third kappa shape index (κ3) is 1.85. The van der Waals surface area contributed by atoms with Gasteiger partial charge in [-0.3, -0.25) is 0 Å². The zero-order valence-electron chi connectivity index (χ0n) is 8.51. The molecule has 0 spiro atoms. The molecule has 0 saturated carbocycles. The largest absolute Gasteiger partial charge is 0.355 e. The van der Waals surface area contributed by atoms with E-state index in [0.29, 0.717) is 5.82 Å². The van der Waals surface area contributed by atoms with Gasteiger partial charge in [-0.25, -0.2) is 18.4 Å². The molecule has 0 bridgehead atoms. The van der Waals surface area contributed by atoms with Crippen molar-refractivity contribution in [2.45, 2.75) is 5.16 Å². The van der Waals surface area contributed by atoms with Crippen molar-refractivity contribution in [2.75, 3.05) is 24.7 Å². The summed E-state index contributed by atoms with van der Waals surface area (Å²) in [5.74, 6) is 0.660. The molecular weight excluding hydrogens is 214 g/mol. The monoisotopic (exact) mass is 225 g/mol. The number of likely N-dealkylation sites (N-methyl/N-ethyl adjacent to an activating group) is 1. The lowest BCUT2D eigenvalue weighted by molar-refractivity contribution is 0.592. The molecule has 15 heavy (non-hydrogen) atoms. The number of fused-ring (bicyclic) bond motifs is 1. The maximum absolute atomic E-state index is 11.3. The van der Waals surface area contributed by atoms with E-state index in [-0.39, 0.29) is 5.16 Å². The van der Waals surface area contributed by atoms with Crippen molar-refractivity contribution in [2.24, 2.45) is 0 Å². The van der Waals surface area contributed by atoms with Crippen molar-refractivity contribution >= 4 is 21.7 Å². The molecule has 0 amide bonds. The molecule has 2 rings (SSSR count). The first kappa shape index (κ1) is 10.1. The van der Waals surface area contributed by atoms with Crippen LogP contribution >= 0.6 is 0 Å². The standard InChI is InChI=1S/C9H11N3O2S/c1-12-5-3-4-7-6-10-9(11-8(7)12)15(2,13)14/h3-4,6H,5H2,1-2H3. The molecule has 0 unspecified atom stereocenters. The van der Waals surface area contributed by atoms with E-state index in [1.165, 1.54) is 6.20 Å². The molecule has 1 aliphatic heterocycles. The quantitative estimate of drug-likeness (QED) is 0.645. The van der Waals surface area contributed by atoms with Crippen molar-refractivity contribution < 1.29 is 8.42 Å². The van der Waals surface area contributed by atoms with E-state index in [1.54, 1.807) is 0 Å². The summed E-state index contributed by atoms with van der Waals surface area (Å²) < 4.78 is 22.5. The third-order valence-corrected chi connectivity index (χ3v) is 3.00. The molecule has 0 fully saturated rings. The second-order valence-corrected chi connectivity index (χ2v) is 5.40. The van der Waals surface area contributed by atoms with Crippen LogP contribution in [0.25, 0.3) is 6.08 Å². The fourth-order valence-corrected chi connectivity index (χ4v) is 1.89. The summed E-state index contributed by atoms with van der Waals surface area (Å²) in [7, 11) is -1.47. The average Bonchev–Trinajstić information content (AvgIpc) is 2.16. The zero-order valence-corrected chi connectivity index (χ0v) is 9.32. The fraction of sp³-hybridized carbons (Fsp3) is 0.333. The van der Waals surface area contributed by atoms with Crippen molar-refractivity contribution in [1.82, 2.24) is 9.97 Å². The van der Waals surface area contributed by atoms with Gasteiger partial charge in [0.1, 0.15) is 5.82 Å². The summed E-state index contributed by atoms with van der Waals surface area (Å²) in [6.07, 6.45) is 6.51. The van der Waals surface area contributed by atoms with Gasteiger partial charge in [-0.15, -0.1) is 0 Å². The molecule has 0 aliphatic carbocycles. The molecule has 0 N–H and O–H groups in total. The van der Waals surface area contributed by atoms with Gasteiger partial charge < -0.3 is 4.90 Å². The van der Waals surface area contributed by atoms with Crippen molar-refractivity contribution in [3.63, 3.8) is 0 Å². The second kappa shape index (κ2) is 3.30. The highest BCUT2D eigenvalue weighted by molar-refractivity contribution is 7.90. The van der Waals surface area contributed by atoms with Crippen LogP contribution in [-0.4, -0.2) is 38.2 Å². The van der Waals surface area contributed by atoms with Crippen LogP contribution in [0.15, 0.2) is 17.4 Å². The van der Waals surface area contributed by atoms with E-state index in [9.17, 15) is 8.42 Å². The minimum atomic E-state index is -3.33. The predicted molar refractivity (Wildman–Crippen MR) is 57.4 cm³/mol. The second-order valence-electron chi connectivity index (χ2n) is 3.49. The molecule has 1 aliphatic rings. The summed E-state index contributed by atoms with van der Waals surface area (Å²) in [5, 5.41) is -0.122. The fourth-order valence-electron chi connectivity index (χ4n) is 1.39. The number of hydrogen-bond donors (Lipinski definition) is 0. The van der Waals surface area contributed by atoms with Gasteiger partial charge in [0.2, 0.25) is 15.0 Å². The van der Waals surface area contributed by atoms with Crippen LogP contribution in [0, 0.1) is 0 Å². The Morgan fingerprint density at radius 3 is 2.87 bits per heavy atom. The first-order valence-electron chi connectivity index (χ1n) is 4.43. The Balaban J connectivity index is 2.59. The van der Waals surface area contributed by atoms with Gasteiger partial charge in [-0.05, 0) is 0 Å². The Labute approximate surface area is 88.4 Å². The van der Waals surface area contributed by atoms with E-state index in [4.69, 9.17) is 0 Å². The van der Waals surface area contributed by atoms with Crippen LogP contribution in [0.5, 0.6) is 0 Å². The molecule has 0 saturated heterocycles. The van der Waals surface area contributed by atoms with Gasteiger partial charge in [0.25, 0.3) is 0 Å². The highest BCUT2D eigenvalue weighted by Gasteiger charge is 2.17. The summed E-state index contributed by atoms with van der Waals surface area (Å²) in [5.41, 5.74) is 0.844. The first-order valence-corrected chi connectivity index (χ1v) is 6.32. The maximum atomic E-state index is 11.3. The Morgan fingerprint density at radius 2 is 2.20 bits per heavy atom. The summed E-state index contributed by atoms with van der Waals surface area (Å²) >= 11 is 0. The number of nitrogens with zero attached hydrogens (tertiary/aromatic N) is 3. The zero-order chi connectivity index (χ0) is 11.1. The summed E-state index contributed by atoms with van der Waals surface area (Å²) in [4.78, 5) is 9.74. The molecular formula is C9H11N3O2S. The molecule has 1 aromatic heterocycles. The molecule has 6 heteroatoms. The highest BCUT2D eigenvalue weighted by Crippen LogP contribution is 2.22. The van der Waals surface area contributed by atoms with Crippen molar-refractivity contribution in [1.29, 1.82) is 0 Å². The molecule has 5 nitrogen and oxygen atoms in total. The molecule has 0 aromatic carbocycles. The van der Waals surface area contributed by atoms with Crippen LogP contribution in [-0.2, 0) is 9.84 Å². The Hall–Kier alpha value is -1.43. The van der Waals surface area contributed by atoms with E-state index in [1.807, 2.05) is 24.1 Å². The SMILES string of the molecule is CN1CC=Cc2cnc(S(C)(=O)=O)nc21. The normalized spacial score (nSPS) is 15.2. The average molecular weight is 225 g/mol. The van der Waals surface area contributed by atoms with Crippen LogP contribution in [0.4, 0.5) is 5.82 Å². The lowest BCUT2D eigenvalue weighted by atomic mass is 10.2. The van der Waals surface area contributed by atoms with Crippen LogP contribution in [0.2, 0.25) is 0 Å². The van der Waals surface area contributed by atoms with Gasteiger partial charge >= 0.3 is 0 Å². The Morgan fingerprint density at radius 1 is 1.47 bits per heavy atom. The van der Waals surface area contributed by atoms with Crippen molar-refractivity contribution in [3.05, 3.63) is 17.8 Å². The van der Waals surface area contributed by atoms with E-state index in [0.717, 1.165) is 18.4 Å². The number of rotatable bonds is 1. The lowest BCUT2D eigenvalue weighted by Crippen LogP contribution is -2.23. The molecule has 1 aromatic rings. The van der Waals surface area contributed by atoms with E-state index in [2.05, 4.69) is 9.97 Å². The molecule has 80 valence electrons. The highest BCUT2D eigenvalue weighted by atomic mass is 32.2. The lowest BCUT2D eigenvalue weighted by Gasteiger charge is -2.21. The Bertz CT molecular complexity index is 522. The Kier molecular flexibility index (Phi) is 2.22. The number of sulfone groups is 1. The minimum Gasteiger partial charge on any atom is -0.355 e. The molecule has 0 atom stereocenters. The van der Waals surface area contributed by atoms with Gasteiger partial charge in [0.15, 0.2) is 0 Å². The number of aromatic nitrogens is 2.